The number of likely N-dealkylation sites (tertiary alicyclic amines) is 1. The van der Waals surface area contributed by atoms with Crippen LogP contribution in [0.4, 0.5) is 0 Å². The molecule has 0 N–H and O–H groups in total. The van der Waals surface area contributed by atoms with Crippen LogP contribution < -0.4 is 0 Å². The van der Waals surface area contributed by atoms with Gasteiger partial charge in [-0.15, -0.1) is 11.6 Å². The molecule has 1 heterocycles. The molecular formula is C13H24ClNO. The van der Waals surface area contributed by atoms with E-state index in [4.69, 9.17) is 11.6 Å². The number of amides is 1. The van der Waals surface area contributed by atoms with Crippen LogP contribution in [0.15, 0.2) is 0 Å². The molecule has 0 aromatic heterocycles. The molecule has 94 valence electrons. The number of hydrogen-bond donors (Lipinski definition) is 0. The topological polar surface area (TPSA) is 20.3 Å². The average molecular weight is 246 g/mol. The Morgan fingerprint density at radius 1 is 1.31 bits per heavy atom. The SMILES string of the molecule is CC1CC(C)C(C)N(C(=O)CCCCCl)C1. The van der Waals surface area contributed by atoms with Gasteiger partial charge in [0, 0.05) is 24.9 Å². The van der Waals surface area contributed by atoms with Crippen LogP contribution in [0.3, 0.4) is 0 Å². The number of hydrogen-bond acceptors (Lipinski definition) is 1. The van der Waals surface area contributed by atoms with Gasteiger partial charge < -0.3 is 4.90 Å². The molecule has 0 bridgehead atoms. The number of alkyl halides is 1. The normalized spacial score (nSPS) is 30.5. The maximum atomic E-state index is 12.1. The van der Waals surface area contributed by atoms with E-state index in [1.807, 2.05) is 0 Å². The molecule has 0 aromatic rings. The Hall–Kier alpha value is -0.240. The van der Waals surface area contributed by atoms with Crippen molar-refractivity contribution in [2.45, 2.75) is 52.5 Å². The van der Waals surface area contributed by atoms with Crippen molar-refractivity contribution in [2.24, 2.45) is 11.8 Å². The van der Waals surface area contributed by atoms with Crippen molar-refractivity contribution in [1.82, 2.24) is 4.90 Å². The molecule has 16 heavy (non-hydrogen) atoms. The molecule has 0 spiro atoms. The van der Waals surface area contributed by atoms with Gasteiger partial charge in [-0.05, 0) is 38.0 Å². The van der Waals surface area contributed by atoms with Crippen molar-refractivity contribution in [3.8, 4) is 0 Å². The van der Waals surface area contributed by atoms with Gasteiger partial charge in [0.2, 0.25) is 5.91 Å². The maximum absolute atomic E-state index is 12.1. The van der Waals surface area contributed by atoms with E-state index in [1.165, 1.54) is 6.42 Å². The van der Waals surface area contributed by atoms with Gasteiger partial charge in [-0.3, -0.25) is 4.79 Å². The van der Waals surface area contributed by atoms with E-state index in [9.17, 15) is 4.79 Å². The van der Waals surface area contributed by atoms with Gasteiger partial charge >= 0.3 is 0 Å². The molecule has 0 aliphatic carbocycles. The van der Waals surface area contributed by atoms with Gasteiger partial charge in [-0.2, -0.15) is 0 Å². The number of piperidine rings is 1. The van der Waals surface area contributed by atoms with Crippen LogP contribution in [0, 0.1) is 11.8 Å². The minimum atomic E-state index is 0.316. The second-order valence-corrected chi connectivity index (χ2v) is 5.63. The molecule has 1 aliphatic rings. The van der Waals surface area contributed by atoms with E-state index in [0.717, 1.165) is 19.4 Å². The van der Waals surface area contributed by atoms with Crippen molar-refractivity contribution in [3.05, 3.63) is 0 Å². The van der Waals surface area contributed by atoms with Gasteiger partial charge in [0.15, 0.2) is 0 Å². The summed E-state index contributed by atoms with van der Waals surface area (Å²) >= 11 is 5.62. The first kappa shape index (κ1) is 13.8. The summed E-state index contributed by atoms with van der Waals surface area (Å²) in [6.07, 6.45) is 3.78. The molecule has 1 fully saturated rings. The molecule has 2 nitrogen and oxygen atoms in total. The fourth-order valence-electron chi connectivity index (χ4n) is 2.56. The monoisotopic (exact) mass is 245 g/mol. The van der Waals surface area contributed by atoms with Gasteiger partial charge in [0.1, 0.15) is 0 Å². The molecule has 3 heteroatoms. The summed E-state index contributed by atoms with van der Waals surface area (Å²) in [7, 11) is 0. The highest BCUT2D eigenvalue weighted by atomic mass is 35.5. The Morgan fingerprint density at radius 2 is 2.00 bits per heavy atom. The standard InChI is InChI=1S/C13H24ClNO/c1-10-8-11(2)12(3)15(9-10)13(16)6-4-5-7-14/h10-12H,4-9H2,1-3H3. The Bertz CT molecular complexity index is 232. The molecule has 0 saturated carbocycles. The van der Waals surface area contributed by atoms with Crippen LogP contribution in [0.25, 0.3) is 0 Å². The molecule has 3 unspecified atom stereocenters. The van der Waals surface area contributed by atoms with Crippen LogP contribution in [-0.2, 0) is 4.79 Å². The summed E-state index contributed by atoms with van der Waals surface area (Å²) in [6.45, 7) is 7.60. The van der Waals surface area contributed by atoms with Crippen molar-refractivity contribution < 1.29 is 4.79 Å². The smallest absolute Gasteiger partial charge is 0.222 e. The highest BCUT2D eigenvalue weighted by Crippen LogP contribution is 2.27. The predicted molar refractivity (Wildman–Crippen MR) is 68.7 cm³/mol. The minimum Gasteiger partial charge on any atom is -0.339 e. The highest BCUT2D eigenvalue weighted by molar-refractivity contribution is 6.17. The first-order valence-electron chi connectivity index (χ1n) is 6.41. The third-order valence-corrected chi connectivity index (χ3v) is 3.96. The summed E-state index contributed by atoms with van der Waals surface area (Å²) in [5.41, 5.74) is 0. The number of carbonyl (C=O) groups excluding carboxylic acids is 1. The lowest BCUT2D eigenvalue weighted by Crippen LogP contribution is -2.48. The van der Waals surface area contributed by atoms with Crippen molar-refractivity contribution in [3.63, 3.8) is 0 Å². The van der Waals surface area contributed by atoms with E-state index >= 15 is 0 Å². The molecule has 0 radical (unpaired) electrons. The van der Waals surface area contributed by atoms with Crippen LogP contribution in [0.2, 0.25) is 0 Å². The Labute approximate surface area is 104 Å². The highest BCUT2D eigenvalue weighted by Gasteiger charge is 2.31. The number of nitrogens with zero attached hydrogens (tertiary/aromatic N) is 1. The number of carbonyl (C=O) groups is 1. The second kappa shape index (κ2) is 6.48. The summed E-state index contributed by atoms with van der Waals surface area (Å²) < 4.78 is 0. The van der Waals surface area contributed by atoms with Crippen LogP contribution >= 0.6 is 11.6 Å². The quantitative estimate of drug-likeness (QED) is 0.550. The number of unbranched alkanes of at least 4 members (excludes halogenated alkanes) is 1. The minimum absolute atomic E-state index is 0.316. The Morgan fingerprint density at radius 3 is 2.62 bits per heavy atom. The molecule has 1 aliphatic heterocycles. The van der Waals surface area contributed by atoms with E-state index < -0.39 is 0 Å². The van der Waals surface area contributed by atoms with E-state index in [1.54, 1.807) is 0 Å². The third kappa shape index (κ3) is 3.65. The van der Waals surface area contributed by atoms with Gasteiger partial charge in [0.25, 0.3) is 0 Å². The van der Waals surface area contributed by atoms with Crippen LogP contribution in [0.1, 0.15) is 46.5 Å². The number of rotatable bonds is 4. The summed E-state index contributed by atoms with van der Waals surface area (Å²) in [6, 6.07) is 0.403. The number of halogens is 1. The maximum Gasteiger partial charge on any atom is 0.222 e. The second-order valence-electron chi connectivity index (χ2n) is 5.25. The fourth-order valence-corrected chi connectivity index (χ4v) is 2.75. The van der Waals surface area contributed by atoms with E-state index in [-0.39, 0.29) is 0 Å². The van der Waals surface area contributed by atoms with Gasteiger partial charge in [-0.25, -0.2) is 0 Å². The third-order valence-electron chi connectivity index (χ3n) is 3.69. The Kier molecular flexibility index (Phi) is 5.60. The molecule has 1 saturated heterocycles. The van der Waals surface area contributed by atoms with Crippen molar-refractivity contribution in [2.75, 3.05) is 12.4 Å². The first-order chi connectivity index (χ1) is 7.56. The lowest BCUT2D eigenvalue weighted by Gasteiger charge is -2.41. The lowest BCUT2D eigenvalue weighted by molar-refractivity contribution is -0.137. The zero-order chi connectivity index (χ0) is 12.1. The van der Waals surface area contributed by atoms with Crippen LogP contribution in [0.5, 0.6) is 0 Å². The van der Waals surface area contributed by atoms with Crippen LogP contribution in [-0.4, -0.2) is 29.3 Å². The van der Waals surface area contributed by atoms with Gasteiger partial charge in [-0.1, -0.05) is 13.8 Å². The largest absolute Gasteiger partial charge is 0.339 e. The summed E-state index contributed by atoms with van der Waals surface area (Å²) in [4.78, 5) is 14.1. The first-order valence-corrected chi connectivity index (χ1v) is 6.95. The molecule has 0 aromatic carbocycles. The van der Waals surface area contributed by atoms with Gasteiger partial charge in [0.05, 0.1) is 0 Å². The average Bonchev–Trinajstić information content (AvgIpc) is 2.23. The molecular weight excluding hydrogens is 222 g/mol. The van der Waals surface area contributed by atoms with Crippen molar-refractivity contribution in [1.29, 1.82) is 0 Å². The van der Waals surface area contributed by atoms with Crippen molar-refractivity contribution >= 4 is 17.5 Å². The molecule has 1 amide bonds. The predicted octanol–water partition coefficient (Wildman–Crippen LogP) is 3.29. The summed E-state index contributed by atoms with van der Waals surface area (Å²) in [5, 5.41) is 0. The lowest BCUT2D eigenvalue weighted by atomic mass is 9.86. The Balaban J connectivity index is 2.46. The zero-order valence-electron chi connectivity index (χ0n) is 10.7. The fraction of sp³-hybridized carbons (Fsp3) is 0.923. The summed E-state index contributed by atoms with van der Waals surface area (Å²) in [5.74, 6) is 2.25. The van der Waals surface area contributed by atoms with E-state index in [2.05, 4.69) is 25.7 Å². The van der Waals surface area contributed by atoms with E-state index in [0.29, 0.717) is 36.1 Å². The zero-order valence-corrected chi connectivity index (χ0v) is 11.5. The molecule has 1 rings (SSSR count). The molecule has 3 atom stereocenters.